The molecule has 0 aliphatic rings. The number of aliphatic hydroxyl groups excluding tert-OH is 1. The molecular weight excluding hydrogens is 299 g/mol. The van der Waals surface area contributed by atoms with E-state index in [4.69, 9.17) is 28.3 Å². The lowest BCUT2D eigenvalue weighted by molar-refractivity contribution is 0.235. The van der Waals surface area contributed by atoms with Gasteiger partial charge in [-0.15, -0.1) is 0 Å². The highest BCUT2D eigenvalue weighted by Crippen LogP contribution is 2.29. The molecule has 6 heteroatoms. The average Bonchev–Trinajstić information content (AvgIpc) is 2.40. The topological polar surface area (TPSA) is 61.4 Å². The molecule has 0 saturated heterocycles. The van der Waals surface area contributed by atoms with E-state index < -0.39 is 0 Å². The molecule has 1 aromatic rings. The second-order valence-electron chi connectivity index (χ2n) is 5.20. The molecule has 0 spiro atoms. The van der Waals surface area contributed by atoms with Crippen LogP contribution < -0.4 is 10.6 Å². The van der Waals surface area contributed by atoms with Crippen molar-refractivity contribution in [1.29, 1.82) is 0 Å². The monoisotopic (exact) mass is 318 g/mol. The van der Waals surface area contributed by atoms with Gasteiger partial charge >= 0.3 is 6.03 Å². The van der Waals surface area contributed by atoms with Crippen molar-refractivity contribution in [2.45, 2.75) is 25.7 Å². The summed E-state index contributed by atoms with van der Waals surface area (Å²) in [6, 6.07) is 5.23. The van der Waals surface area contributed by atoms with Crippen LogP contribution in [0.1, 0.15) is 25.8 Å². The van der Waals surface area contributed by atoms with Crippen LogP contribution in [0.2, 0.25) is 10.0 Å². The Bertz CT molecular complexity index is 464. The van der Waals surface area contributed by atoms with Gasteiger partial charge in [0.05, 0.1) is 10.0 Å². The molecule has 0 aliphatic heterocycles. The number of amides is 2. The van der Waals surface area contributed by atoms with E-state index in [9.17, 15) is 4.79 Å². The number of nitrogens with one attached hydrogen (secondary N) is 2. The predicted molar refractivity (Wildman–Crippen MR) is 82.6 cm³/mol. The van der Waals surface area contributed by atoms with E-state index in [-0.39, 0.29) is 18.1 Å². The number of carbonyl (C=O) groups excluding carboxylic acids is 1. The molecule has 4 nitrogen and oxygen atoms in total. The first kappa shape index (κ1) is 17.1. The Hall–Kier alpha value is -0.970. The summed E-state index contributed by atoms with van der Waals surface area (Å²) in [6.45, 7) is 5.02. The minimum absolute atomic E-state index is 0.0645. The van der Waals surface area contributed by atoms with Gasteiger partial charge in [-0.25, -0.2) is 4.79 Å². The molecule has 0 radical (unpaired) electrons. The summed E-state index contributed by atoms with van der Waals surface area (Å²) in [4.78, 5) is 11.6. The van der Waals surface area contributed by atoms with Gasteiger partial charge in [0.1, 0.15) is 0 Å². The van der Waals surface area contributed by atoms with Crippen molar-refractivity contribution < 1.29 is 9.90 Å². The van der Waals surface area contributed by atoms with Crippen LogP contribution in [0.4, 0.5) is 4.79 Å². The number of hydrogen-bond acceptors (Lipinski definition) is 2. The van der Waals surface area contributed by atoms with Gasteiger partial charge in [-0.3, -0.25) is 0 Å². The molecule has 0 aliphatic carbocycles. The third-order valence-electron chi connectivity index (χ3n) is 3.01. The maximum atomic E-state index is 11.6. The van der Waals surface area contributed by atoms with E-state index in [1.54, 1.807) is 6.07 Å². The molecule has 0 bridgehead atoms. The zero-order valence-electron chi connectivity index (χ0n) is 11.7. The van der Waals surface area contributed by atoms with Crippen LogP contribution in [0.25, 0.3) is 0 Å². The molecule has 0 fully saturated rings. The summed E-state index contributed by atoms with van der Waals surface area (Å²) in [6.07, 6.45) is 0.545. The van der Waals surface area contributed by atoms with Crippen molar-refractivity contribution in [1.82, 2.24) is 10.6 Å². The van der Waals surface area contributed by atoms with Gasteiger partial charge < -0.3 is 15.7 Å². The van der Waals surface area contributed by atoms with Gasteiger partial charge in [0.2, 0.25) is 0 Å². The van der Waals surface area contributed by atoms with Crippen LogP contribution in [0.3, 0.4) is 0 Å². The molecule has 0 saturated carbocycles. The summed E-state index contributed by atoms with van der Waals surface area (Å²) in [5, 5.41) is 15.1. The van der Waals surface area contributed by atoms with Crippen LogP contribution in [0.15, 0.2) is 18.2 Å². The lowest BCUT2D eigenvalue weighted by Gasteiger charge is -2.26. The van der Waals surface area contributed by atoms with Crippen molar-refractivity contribution in [3.8, 4) is 0 Å². The number of aliphatic hydroxyl groups is 1. The lowest BCUT2D eigenvalue weighted by atomic mass is 9.84. The Balaban J connectivity index is 2.56. The SMILES string of the molecule is CC(C)(CNC(=O)NCCCO)c1ccc(Cl)c(Cl)c1. The summed E-state index contributed by atoms with van der Waals surface area (Å²) < 4.78 is 0. The molecule has 0 aromatic heterocycles. The van der Waals surface area contributed by atoms with E-state index in [1.807, 2.05) is 26.0 Å². The molecule has 112 valence electrons. The van der Waals surface area contributed by atoms with Crippen LogP contribution >= 0.6 is 23.2 Å². The maximum Gasteiger partial charge on any atom is 0.314 e. The largest absolute Gasteiger partial charge is 0.396 e. The average molecular weight is 319 g/mol. The Morgan fingerprint density at radius 2 is 1.95 bits per heavy atom. The van der Waals surface area contributed by atoms with Gasteiger partial charge in [0.25, 0.3) is 0 Å². The van der Waals surface area contributed by atoms with Crippen molar-refractivity contribution in [3.63, 3.8) is 0 Å². The van der Waals surface area contributed by atoms with E-state index >= 15 is 0 Å². The third kappa shape index (κ3) is 5.19. The Labute approximate surface area is 129 Å². The number of urea groups is 1. The Morgan fingerprint density at radius 1 is 1.25 bits per heavy atom. The summed E-state index contributed by atoms with van der Waals surface area (Å²) in [7, 11) is 0. The zero-order valence-corrected chi connectivity index (χ0v) is 13.2. The molecule has 1 rings (SSSR count). The first-order valence-corrected chi connectivity index (χ1v) is 7.20. The Kier molecular flexibility index (Phi) is 6.59. The predicted octanol–water partition coefficient (Wildman–Crippen LogP) is 2.95. The lowest BCUT2D eigenvalue weighted by Crippen LogP contribution is -2.42. The summed E-state index contributed by atoms with van der Waals surface area (Å²) in [5.41, 5.74) is 0.741. The van der Waals surface area contributed by atoms with Crippen molar-refractivity contribution in [3.05, 3.63) is 33.8 Å². The van der Waals surface area contributed by atoms with Crippen LogP contribution in [0.5, 0.6) is 0 Å². The number of rotatable bonds is 6. The highest BCUT2D eigenvalue weighted by atomic mass is 35.5. The molecule has 1 aromatic carbocycles. The maximum absolute atomic E-state index is 11.6. The smallest absolute Gasteiger partial charge is 0.314 e. The second kappa shape index (κ2) is 7.72. The quantitative estimate of drug-likeness (QED) is 0.706. The Morgan fingerprint density at radius 3 is 2.55 bits per heavy atom. The van der Waals surface area contributed by atoms with Crippen molar-refractivity contribution in [2.24, 2.45) is 0 Å². The van der Waals surface area contributed by atoms with Crippen molar-refractivity contribution in [2.75, 3.05) is 19.7 Å². The molecule has 0 heterocycles. The van der Waals surface area contributed by atoms with Gasteiger partial charge in [0.15, 0.2) is 0 Å². The molecule has 20 heavy (non-hydrogen) atoms. The first-order valence-electron chi connectivity index (χ1n) is 6.45. The van der Waals surface area contributed by atoms with Crippen LogP contribution in [-0.4, -0.2) is 30.8 Å². The second-order valence-corrected chi connectivity index (χ2v) is 6.01. The van der Waals surface area contributed by atoms with E-state index in [1.165, 1.54) is 0 Å². The fourth-order valence-electron chi connectivity index (χ4n) is 1.66. The number of carbonyl (C=O) groups is 1. The molecule has 0 unspecified atom stereocenters. The standard InChI is InChI=1S/C14H20Cl2N2O2/c1-14(2,9-18-13(20)17-6-3-7-19)10-4-5-11(15)12(16)8-10/h4-5,8,19H,3,6-7,9H2,1-2H3,(H2,17,18,20). The van der Waals surface area contributed by atoms with E-state index in [0.717, 1.165) is 5.56 Å². The van der Waals surface area contributed by atoms with Crippen LogP contribution in [-0.2, 0) is 5.41 Å². The summed E-state index contributed by atoms with van der Waals surface area (Å²) in [5.74, 6) is 0. The molecular formula is C14H20Cl2N2O2. The van der Waals surface area contributed by atoms with Gasteiger partial charge in [-0.05, 0) is 24.1 Å². The molecule has 3 N–H and O–H groups in total. The molecule has 0 atom stereocenters. The number of benzene rings is 1. The van der Waals surface area contributed by atoms with E-state index in [0.29, 0.717) is 29.6 Å². The third-order valence-corrected chi connectivity index (χ3v) is 3.75. The number of hydrogen-bond donors (Lipinski definition) is 3. The number of halogens is 2. The fourth-order valence-corrected chi connectivity index (χ4v) is 1.96. The highest BCUT2D eigenvalue weighted by molar-refractivity contribution is 6.42. The highest BCUT2D eigenvalue weighted by Gasteiger charge is 2.22. The fraction of sp³-hybridized carbons (Fsp3) is 0.500. The minimum Gasteiger partial charge on any atom is -0.396 e. The summed E-state index contributed by atoms with van der Waals surface area (Å²) >= 11 is 11.9. The minimum atomic E-state index is -0.261. The van der Waals surface area contributed by atoms with Gasteiger partial charge in [0, 0.05) is 25.1 Å². The first-order chi connectivity index (χ1) is 9.36. The van der Waals surface area contributed by atoms with Crippen molar-refractivity contribution >= 4 is 29.2 Å². The van der Waals surface area contributed by atoms with Gasteiger partial charge in [-0.2, -0.15) is 0 Å². The van der Waals surface area contributed by atoms with E-state index in [2.05, 4.69) is 10.6 Å². The zero-order chi connectivity index (χ0) is 15.2. The van der Waals surface area contributed by atoms with Crippen LogP contribution in [0, 0.1) is 0 Å². The molecule has 2 amide bonds. The van der Waals surface area contributed by atoms with Gasteiger partial charge in [-0.1, -0.05) is 43.1 Å². The normalized spacial score (nSPS) is 11.2.